The van der Waals surface area contributed by atoms with E-state index < -0.39 is 30.1 Å². The smallest absolute Gasteiger partial charge is 0.318 e. The molecule has 2 aliphatic rings. The van der Waals surface area contributed by atoms with Crippen LogP contribution in [0.25, 0.3) is 0 Å². The zero-order valence-corrected chi connectivity index (χ0v) is 15.2. The predicted octanol–water partition coefficient (Wildman–Crippen LogP) is 2.00. The van der Waals surface area contributed by atoms with Crippen molar-refractivity contribution < 1.29 is 23.1 Å². The molecular formula is C18H24F2N4O3. The Morgan fingerprint density at radius 3 is 2.67 bits per heavy atom. The zero-order chi connectivity index (χ0) is 19.6. The molecule has 7 nitrogen and oxygen atoms in total. The van der Waals surface area contributed by atoms with Gasteiger partial charge >= 0.3 is 12.1 Å². The van der Waals surface area contributed by atoms with Gasteiger partial charge < -0.3 is 25.6 Å². The monoisotopic (exact) mass is 382 g/mol. The summed E-state index contributed by atoms with van der Waals surface area (Å²) in [5, 5.41) is 2.70. The van der Waals surface area contributed by atoms with E-state index in [4.69, 9.17) is 10.5 Å². The Balaban J connectivity index is 1.66. The van der Waals surface area contributed by atoms with Crippen molar-refractivity contribution in [2.24, 2.45) is 5.73 Å². The first-order chi connectivity index (χ1) is 12.9. The molecule has 1 aromatic carbocycles. The topological polar surface area (TPSA) is 87.9 Å². The summed E-state index contributed by atoms with van der Waals surface area (Å²) in [6, 6.07) is 2.88. The first kappa shape index (κ1) is 19.2. The molecule has 1 heterocycles. The highest BCUT2D eigenvalue weighted by molar-refractivity contribution is 5.76. The van der Waals surface area contributed by atoms with Gasteiger partial charge in [-0.3, -0.25) is 0 Å². The number of nitrogens with two attached hydrogens (primary N) is 1. The Labute approximate surface area is 156 Å². The van der Waals surface area contributed by atoms with Crippen LogP contribution in [0.2, 0.25) is 0 Å². The number of hydrogen-bond donors (Lipinski definition) is 2. The molecule has 3 rings (SSSR count). The van der Waals surface area contributed by atoms with Crippen LogP contribution in [0, 0.1) is 5.82 Å². The molecule has 0 spiro atoms. The van der Waals surface area contributed by atoms with Gasteiger partial charge in [0.05, 0.1) is 19.7 Å². The van der Waals surface area contributed by atoms with Gasteiger partial charge in [0, 0.05) is 37.2 Å². The van der Waals surface area contributed by atoms with E-state index in [1.165, 1.54) is 18.1 Å². The van der Waals surface area contributed by atoms with Crippen LogP contribution in [-0.2, 0) is 6.54 Å². The Bertz CT molecular complexity index is 714. The number of halogens is 2. The van der Waals surface area contributed by atoms with Gasteiger partial charge in [0.25, 0.3) is 0 Å². The molecule has 2 atom stereocenters. The van der Waals surface area contributed by atoms with Crippen LogP contribution in [0.15, 0.2) is 18.2 Å². The molecule has 0 unspecified atom stereocenters. The molecular weight excluding hydrogens is 358 g/mol. The number of amides is 4. The van der Waals surface area contributed by atoms with Gasteiger partial charge in [-0.1, -0.05) is 6.07 Å². The summed E-state index contributed by atoms with van der Waals surface area (Å²) in [7, 11) is 1.45. The number of hydrogen-bond acceptors (Lipinski definition) is 3. The second kappa shape index (κ2) is 7.98. The Hall–Kier alpha value is -2.58. The second-order valence-corrected chi connectivity index (χ2v) is 6.98. The maximum absolute atomic E-state index is 14.1. The lowest BCUT2D eigenvalue weighted by atomic mass is 10.0. The van der Waals surface area contributed by atoms with Crippen molar-refractivity contribution in [2.45, 2.75) is 44.1 Å². The van der Waals surface area contributed by atoms with E-state index in [0.29, 0.717) is 11.3 Å². The third kappa shape index (κ3) is 4.58. The number of nitrogens with zero attached hydrogens (tertiary/aromatic N) is 2. The average Bonchev–Trinajstić information content (AvgIpc) is 3.45. The number of ether oxygens (including phenoxy) is 1. The number of benzene rings is 1. The number of methoxy groups -OCH3 is 1. The minimum absolute atomic E-state index is 0.00316. The van der Waals surface area contributed by atoms with E-state index in [2.05, 4.69) is 5.32 Å². The summed E-state index contributed by atoms with van der Waals surface area (Å²) in [5.74, 6) is -0.0843. The van der Waals surface area contributed by atoms with Gasteiger partial charge in [0.15, 0.2) is 0 Å². The molecule has 9 heteroatoms. The standard InChI is InChI=1S/C18H24F2N4O3/c1-27-15-5-2-11(16(20)7-15)8-22-18(26)24(13-3-4-13)14-6-12(19)9-23(10-14)17(21)25/h2,5,7,12-14H,3-4,6,8-10H2,1H3,(H2,21,25)(H,22,26)/t12-,14+/m0/s1. The number of urea groups is 2. The fourth-order valence-electron chi connectivity index (χ4n) is 3.44. The Morgan fingerprint density at radius 2 is 2.07 bits per heavy atom. The zero-order valence-electron chi connectivity index (χ0n) is 15.2. The first-order valence-electron chi connectivity index (χ1n) is 8.96. The third-order valence-electron chi connectivity index (χ3n) is 4.95. The quantitative estimate of drug-likeness (QED) is 0.817. The van der Waals surface area contributed by atoms with Crippen LogP contribution in [0.5, 0.6) is 5.75 Å². The number of rotatable bonds is 5. The molecule has 1 aromatic rings. The summed E-state index contributed by atoms with van der Waals surface area (Å²) in [6.45, 7) is 0.156. The fourth-order valence-corrected chi connectivity index (χ4v) is 3.44. The van der Waals surface area contributed by atoms with Gasteiger partial charge in [-0.05, 0) is 18.9 Å². The second-order valence-electron chi connectivity index (χ2n) is 6.98. The van der Waals surface area contributed by atoms with Crippen LogP contribution >= 0.6 is 0 Å². The lowest BCUT2D eigenvalue weighted by molar-refractivity contribution is 0.0778. The van der Waals surface area contributed by atoms with Crippen LogP contribution in [0.3, 0.4) is 0 Å². The van der Waals surface area contributed by atoms with Crippen LogP contribution in [0.1, 0.15) is 24.8 Å². The van der Waals surface area contributed by atoms with Crippen molar-refractivity contribution in [2.75, 3.05) is 20.2 Å². The summed E-state index contributed by atoms with van der Waals surface area (Å²) in [6.07, 6.45) is 0.581. The summed E-state index contributed by atoms with van der Waals surface area (Å²) in [4.78, 5) is 27.0. The van der Waals surface area contributed by atoms with Crippen LogP contribution in [0.4, 0.5) is 18.4 Å². The molecule has 0 aromatic heterocycles. The SMILES string of the molecule is COc1ccc(CNC(=O)N(C2CC2)[C@@H]2C[C@H](F)CN(C(N)=O)C2)c(F)c1. The molecule has 148 valence electrons. The number of primary amides is 1. The highest BCUT2D eigenvalue weighted by Gasteiger charge is 2.41. The third-order valence-corrected chi connectivity index (χ3v) is 4.95. The van der Waals surface area contributed by atoms with E-state index in [9.17, 15) is 18.4 Å². The lowest BCUT2D eigenvalue weighted by Crippen LogP contribution is -2.58. The average molecular weight is 382 g/mol. The van der Waals surface area contributed by atoms with Crippen molar-refractivity contribution in [1.29, 1.82) is 0 Å². The number of piperidine rings is 1. The van der Waals surface area contributed by atoms with Crippen molar-refractivity contribution >= 4 is 12.1 Å². The number of likely N-dealkylation sites (tertiary alicyclic amines) is 1. The molecule has 27 heavy (non-hydrogen) atoms. The summed E-state index contributed by atoms with van der Waals surface area (Å²) >= 11 is 0. The molecule has 3 N–H and O–H groups in total. The molecule has 1 aliphatic heterocycles. The summed E-state index contributed by atoms with van der Waals surface area (Å²) in [5.41, 5.74) is 5.61. The number of carbonyl (C=O) groups is 2. The van der Waals surface area contributed by atoms with Gasteiger partial charge in [-0.15, -0.1) is 0 Å². The normalized spacial score (nSPS) is 22.3. The number of carbonyl (C=O) groups excluding carboxylic acids is 2. The first-order valence-corrected chi connectivity index (χ1v) is 8.96. The van der Waals surface area contributed by atoms with Crippen molar-refractivity contribution in [3.63, 3.8) is 0 Å². The van der Waals surface area contributed by atoms with Gasteiger partial charge in [-0.25, -0.2) is 18.4 Å². The van der Waals surface area contributed by atoms with Crippen LogP contribution < -0.4 is 15.8 Å². The van der Waals surface area contributed by atoms with Crippen molar-refractivity contribution in [3.05, 3.63) is 29.6 Å². The molecule has 1 saturated heterocycles. The molecule has 4 amide bonds. The van der Waals surface area contributed by atoms with Crippen molar-refractivity contribution in [1.82, 2.24) is 15.1 Å². The molecule has 2 fully saturated rings. The fraction of sp³-hybridized carbons (Fsp3) is 0.556. The van der Waals surface area contributed by atoms with E-state index in [0.717, 1.165) is 12.8 Å². The van der Waals surface area contributed by atoms with E-state index in [1.807, 2.05) is 0 Å². The minimum Gasteiger partial charge on any atom is -0.497 e. The van der Waals surface area contributed by atoms with Gasteiger partial charge in [0.1, 0.15) is 17.7 Å². The van der Waals surface area contributed by atoms with E-state index in [1.54, 1.807) is 17.0 Å². The Kier molecular flexibility index (Phi) is 5.67. The van der Waals surface area contributed by atoms with Crippen molar-refractivity contribution in [3.8, 4) is 5.75 Å². The minimum atomic E-state index is -1.23. The molecule has 0 radical (unpaired) electrons. The number of alkyl halides is 1. The lowest BCUT2D eigenvalue weighted by Gasteiger charge is -2.40. The number of nitrogens with one attached hydrogen (secondary N) is 1. The Morgan fingerprint density at radius 1 is 1.33 bits per heavy atom. The van der Waals surface area contributed by atoms with E-state index in [-0.39, 0.29) is 32.1 Å². The molecule has 0 bridgehead atoms. The van der Waals surface area contributed by atoms with Gasteiger partial charge in [0.2, 0.25) is 0 Å². The van der Waals surface area contributed by atoms with Crippen LogP contribution in [-0.4, -0.2) is 60.3 Å². The molecule has 1 saturated carbocycles. The molecule has 1 aliphatic carbocycles. The maximum Gasteiger partial charge on any atom is 0.318 e. The highest BCUT2D eigenvalue weighted by Crippen LogP contribution is 2.32. The predicted molar refractivity (Wildman–Crippen MR) is 94.5 cm³/mol. The van der Waals surface area contributed by atoms with E-state index >= 15 is 0 Å². The maximum atomic E-state index is 14.1. The summed E-state index contributed by atoms with van der Waals surface area (Å²) < 4.78 is 33.1. The highest BCUT2D eigenvalue weighted by atomic mass is 19.1. The largest absolute Gasteiger partial charge is 0.497 e. The van der Waals surface area contributed by atoms with Gasteiger partial charge in [-0.2, -0.15) is 0 Å².